The average Bonchev–Trinajstić information content (AvgIpc) is 2.19. The summed E-state index contributed by atoms with van der Waals surface area (Å²) < 4.78 is 14.8. The molecule has 1 rings (SSSR count). The van der Waals surface area contributed by atoms with E-state index in [0.717, 1.165) is 0 Å². The SMILES string of the molecule is COCC1OC(OC)C(O)C(O)C1O. The third kappa shape index (κ3) is 2.22. The van der Waals surface area contributed by atoms with Gasteiger partial charge in [0.2, 0.25) is 0 Å². The van der Waals surface area contributed by atoms with Gasteiger partial charge in [0.25, 0.3) is 0 Å². The van der Waals surface area contributed by atoms with Crippen LogP contribution in [0, 0.1) is 0 Å². The Morgan fingerprint density at radius 1 is 1.07 bits per heavy atom. The molecular weight excluding hydrogens is 192 g/mol. The first kappa shape index (κ1) is 11.8. The van der Waals surface area contributed by atoms with Crippen LogP contribution in [0.15, 0.2) is 0 Å². The van der Waals surface area contributed by atoms with Crippen LogP contribution in [0.3, 0.4) is 0 Å². The highest BCUT2D eigenvalue weighted by molar-refractivity contribution is 4.88. The number of ether oxygens (including phenoxy) is 3. The van der Waals surface area contributed by atoms with E-state index in [0.29, 0.717) is 0 Å². The van der Waals surface area contributed by atoms with Gasteiger partial charge >= 0.3 is 0 Å². The van der Waals surface area contributed by atoms with Crippen molar-refractivity contribution in [3.8, 4) is 0 Å². The van der Waals surface area contributed by atoms with Crippen molar-refractivity contribution in [3.63, 3.8) is 0 Å². The molecule has 1 saturated heterocycles. The summed E-state index contributed by atoms with van der Waals surface area (Å²) in [5.41, 5.74) is 0. The molecule has 6 nitrogen and oxygen atoms in total. The minimum absolute atomic E-state index is 0.130. The summed E-state index contributed by atoms with van der Waals surface area (Å²) in [4.78, 5) is 0. The first-order valence-corrected chi connectivity index (χ1v) is 4.33. The lowest BCUT2D eigenvalue weighted by molar-refractivity contribution is -0.295. The largest absolute Gasteiger partial charge is 0.387 e. The normalized spacial score (nSPS) is 43.9. The molecule has 1 fully saturated rings. The maximum atomic E-state index is 9.48. The minimum atomic E-state index is -1.28. The molecule has 0 radical (unpaired) electrons. The van der Waals surface area contributed by atoms with E-state index in [1.807, 2.05) is 0 Å². The van der Waals surface area contributed by atoms with Crippen molar-refractivity contribution in [2.45, 2.75) is 30.7 Å². The third-order valence-corrected chi connectivity index (χ3v) is 2.23. The summed E-state index contributed by atoms with van der Waals surface area (Å²) in [6.45, 7) is 0.130. The van der Waals surface area contributed by atoms with Crippen molar-refractivity contribution in [2.75, 3.05) is 20.8 Å². The van der Waals surface area contributed by atoms with E-state index in [1.54, 1.807) is 0 Å². The van der Waals surface area contributed by atoms with E-state index < -0.39 is 30.7 Å². The zero-order valence-electron chi connectivity index (χ0n) is 8.16. The van der Waals surface area contributed by atoms with Gasteiger partial charge in [-0.25, -0.2) is 0 Å². The molecule has 1 aliphatic rings. The molecule has 0 bridgehead atoms. The number of aliphatic hydroxyl groups excluding tert-OH is 3. The second-order valence-corrected chi connectivity index (χ2v) is 3.21. The Labute approximate surface area is 82.0 Å². The lowest BCUT2D eigenvalue weighted by Gasteiger charge is -2.39. The molecule has 84 valence electrons. The van der Waals surface area contributed by atoms with Crippen molar-refractivity contribution in [2.24, 2.45) is 0 Å². The van der Waals surface area contributed by atoms with Gasteiger partial charge in [0, 0.05) is 14.2 Å². The molecule has 0 aromatic rings. The number of hydrogen-bond donors (Lipinski definition) is 3. The van der Waals surface area contributed by atoms with Gasteiger partial charge in [0.15, 0.2) is 6.29 Å². The lowest BCUT2D eigenvalue weighted by atomic mass is 9.99. The van der Waals surface area contributed by atoms with Gasteiger partial charge in [0.05, 0.1) is 6.61 Å². The van der Waals surface area contributed by atoms with Gasteiger partial charge in [0.1, 0.15) is 24.4 Å². The number of aliphatic hydroxyl groups is 3. The summed E-state index contributed by atoms with van der Waals surface area (Å²) >= 11 is 0. The highest BCUT2D eigenvalue weighted by Crippen LogP contribution is 2.21. The van der Waals surface area contributed by atoms with E-state index in [4.69, 9.17) is 14.2 Å². The zero-order valence-corrected chi connectivity index (χ0v) is 8.16. The van der Waals surface area contributed by atoms with Crippen LogP contribution < -0.4 is 0 Å². The fourth-order valence-electron chi connectivity index (χ4n) is 1.41. The van der Waals surface area contributed by atoms with Crippen LogP contribution >= 0.6 is 0 Å². The second kappa shape index (κ2) is 5.01. The van der Waals surface area contributed by atoms with Crippen molar-refractivity contribution in [3.05, 3.63) is 0 Å². The van der Waals surface area contributed by atoms with E-state index in [9.17, 15) is 15.3 Å². The van der Waals surface area contributed by atoms with Crippen LogP contribution in [0.5, 0.6) is 0 Å². The maximum absolute atomic E-state index is 9.48. The quantitative estimate of drug-likeness (QED) is 0.501. The van der Waals surface area contributed by atoms with Crippen molar-refractivity contribution >= 4 is 0 Å². The lowest BCUT2D eigenvalue weighted by Crippen LogP contribution is -2.59. The number of rotatable bonds is 3. The van der Waals surface area contributed by atoms with Gasteiger partial charge < -0.3 is 29.5 Å². The highest BCUT2D eigenvalue weighted by Gasteiger charge is 2.43. The average molecular weight is 208 g/mol. The summed E-state index contributed by atoms with van der Waals surface area (Å²) in [7, 11) is 2.80. The summed E-state index contributed by atoms with van der Waals surface area (Å²) in [5, 5.41) is 28.3. The van der Waals surface area contributed by atoms with Gasteiger partial charge in [-0.05, 0) is 0 Å². The van der Waals surface area contributed by atoms with Gasteiger partial charge in [-0.1, -0.05) is 0 Å². The number of hydrogen-bond acceptors (Lipinski definition) is 6. The molecule has 0 aromatic heterocycles. The van der Waals surface area contributed by atoms with Gasteiger partial charge in [-0.3, -0.25) is 0 Å². The molecule has 6 heteroatoms. The van der Waals surface area contributed by atoms with E-state index in [-0.39, 0.29) is 6.61 Å². The molecular formula is C8H16O6. The monoisotopic (exact) mass is 208 g/mol. The molecule has 0 aliphatic carbocycles. The molecule has 0 amide bonds. The van der Waals surface area contributed by atoms with Crippen LogP contribution in [0.25, 0.3) is 0 Å². The Kier molecular flexibility index (Phi) is 4.24. The summed E-state index contributed by atoms with van der Waals surface area (Å²) in [5.74, 6) is 0. The predicted molar refractivity (Wildman–Crippen MR) is 45.6 cm³/mol. The molecule has 0 aromatic carbocycles. The fourth-order valence-corrected chi connectivity index (χ4v) is 1.41. The van der Waals surface area contributed by atoms with Crippen LogP contribution in [-0.2, 0) is 14.2 Å². The van der Waals surface area contributed by atoms with Gasteiger partial charge in [-0.15, -0.1) is 0 Å². The van der Waals surface area contributed by atoms with E-state index >= 15 is 0 Å². The van der Waals surface area contributed by atoms with Crippen LogP contribution in [-0.4, -0.2) is 66.9 Å². The second-order valence-electron chi connectivity index (χ2n) is 3.21. The van der Waals surface area contributed by atoms with E-state index in [1.165, 1.54) is 14.2 Å². The summed E-state index contributed by atoms with van der Waals surface area (Å²) in [6.07, 6.45) is -5.33. The molecule has 14 heavy (non-hydrogen) atoms. The Morgan fingerprint density at radius 3 is 2.21 bits per heavy atom. The minimum Gasteiger partial charge on any atom is -0.387 e. The molecule has 1 heterocycles. The summed E-state index contributed by atoms with van der Waals surface area (Å²) in [6, 6.07) is 0. The van der Waals surface area contributed by atoms with Crippen LogP contribution in [0.1, 0.15) is 0 Å². The topological polar surface area (TPSA) is 88.4 Å². The molecule has 5 atom stereocenters. The molecule has 0 spiro atoms. The number of methoxy groups -OCH3 is 2. The third-order valence-electron chi connectivity index (χ3n) is 2.23. The Bertz CT molecular complexity index is 171. The standard InChI is InChI=1S/C8H16O6/c1-12-3-4-5(9)6(10)7(11)8(13-2)14-4/h4-11H,3H2,1-2H3. The van der Waals surface area contributed by atoms with Crippen molar-refractivity contribution < 1.29 is 29.5 Å². The molecule has 5 unspecified atom stereocenters. The fraction of sp³-hybridized carbons (Fsp3) is 1.00. The Morgan fingerprint density at radius 2 is 1.71 bits per heavy atom. The van der Waals surface area contributed by atoms with Crippen LogP contribution in [0.2, 0.25) is 0 Å². The van der Waals surface area contributed by atoms with Crippen molar-refractivity contribution in [1.82, 2.24) is 0 Å². The van der Waals surface area contributed by atoms with Gasteiger partial charge in [-0.2, -0.15) is 0 Å². The Balaban J connectivity index is 2.63. The molecule has 3 N–H and O–H groups in total. The zero-order chi connectivity index (χ0) is 10.7. The van der Waals surface area contributed by atoms with E-state index in [2.05, 4.69) is 0 Å². The molecule has 0 saturated carbocycles. The van der Waals surface area contributed by atoms with Crippen LogP contribution in [0.4, 0.5) is 0 Å². The predicted octanol–water partition coefficient (Wildman–Crippen LogP) is -1.91. The maximum Gasteiger partial charge on any atom is 0.186 e. The Hall–Kier alpha value is -0.240. The first-order valence-electron chi connectivity index (χ1n) is 4.33. The smallest absolute Gasteiger partial charge is 0.186 e. The molecule has 1 aliphatic heterocycles. The first-order chi connectivity index (χ1) is 6.61. The highest BCUT2D eigenvalue weighted by atomic mass is 16.7. The van der Waals surface area contributed by atoms with Crippen molar-refractivity contribution in [1.29, 1.82) is 0 Å².